The average Bonchev–Trinajstić information content (AvgIpc) is 3.62. The first-order valence-electron chi connectivity index (χ1n) is 21.3. The molecule has 1 heteroatoms. The molecule has 0 spiro atoms. The van der Waals surface area contributed by atoms with Crippen LogP contribution in [0.2, 0.25) is 0 Å². The number of benzene rings is 8. The van der Waals surface area contributed by atoms with Crippen LogP contribution in [0.1, 0.15) is 19.2 Å². The number of hydrogen-bond donors (Lipinski definition) is 0. The van der Waals surface area contributed by atoms with Crippen molar-refractivity contribution in [1.29, 1.82) is 0 Å². The van der Waals surface area contributed by atoms with Crippen LogP contribution in [-0.2, 0) is 0 Å². The lowest BCUT2D eigenvalue weighted by Crippen LogP contribution is -1.91. The van der Waals surface area contributed by atoms with Gasteiger partial charge in [0.15, 0.2) is 0 Å². The van der Waals surface area contributed by atoms with Crippen molar-refractivity contribution in [2.45, 2.75) is 0 Å². The van der Waals surface area contributed by atoms with Crippen LogP contribution in [0, 0.1) is 0 Å². The van der Waals surface area contributed by atoms with Crippen LogP contribution >= 0.6 is 0 Å². The Morgan fingerprint density at radius 2 is 0.956 bits per heavy atom. The van der Waals surface area contributed by atoms with E-state index < -0.39 is 72.5 Å². The Morgan fingerprint density at radius 3 is 1.62 bits per heavy atom. The van der Waals surface area contributed by atoms with Gasteiger partial charge in [-0.05, 0) is 78.7 Å². The van der Waals surface area contributed by atoms with Crippen LogP contribution in [-0.4, -0.2) is 0 Å². The molecule has 1 aromatic heterocycles. The maximum absolute atomic E-state index is 9.52. The second-order valence-corrected chi connectivity index (χ2v) is 10.6. The van der Waals surface area contributed by atoms with Crippen LogP contribution in [0.4, 0.5) is 0 Å². The van der Waals surface area contributed by atoms with E-state index in [1.54, 1.807) is 12.1 Å². The lowest BCUT2D eigenvalue weighted by molar-refractivity contribution is 0.670. The summed E-state index contributed by atoms with van der Waals surface area (Å²) in [6, 6.07) is 18.5. The SMILES string of the molecule is [2H]c1c([2H])c([2H])c(-c2c([2H])c([2H])c([2H])c(-c3c4ccccc4c(-c4ccc5oc6c(-c7c([2H])c([2H])c([2H])c([2H])c7[2H])cccc6c5c4)c4ccccc34)c2[2H])c([2H])c1[2H]. The lowest BCUT2D eigenvalue weighted by Gasteiger charge is -2.18. The van der Waals surface area contributed by atoms with Crippen LogP contribution in [0.25, 0.3) is 88.0 Å². The average molecular weight is 587 g/mol. The van der Waals surface area contributed by atoms with Gasteiger partial charge in [0.2, 0.25) is 0 Å². The molecular formula is C44H28O. The van der Waals surface area contributed by atoms with Crippen molar-refractivity contribution in [2.75, 3.05) is 0 Å². The van der Waals surface area contributed by atoms with Crippen molar-refractivity contribution in [3.63, 3.8) is 0 Å². The van der Waals surface area contributed by atoms with Gasteiger partial charge in [0.05, 0.1) is 19.2 Å². The van der Waals surface area contributed by atoms with Crippen LogP contribution in [0.15, 0.2) is 174 Å². The maximum Gasteiger partial charge on any atom is 0.143 e. The quantitative estimate of drug-likeness (QED) is 0.187. The summed E-state index contributed by atoms with van der Waals surface area (Å²) in [7, 11) is 0. The lowest BCUT2D eigenvalue weighted by atomic mass is 9.85. The number of hydrogen-bond acceptors (Lipinski definition) is 1. The van der Waals surface area contributed by atoms with Gasteiger partial charge in [-0.15, -0.1) is 0 Å². The van der Waals surface area contributed by atoms with Gasteiger partial charge in [-0.2, -0.15) is 0 Å². The maximum atomic E-state index is 9.52. The standard InChI is InChI=1S/C44H28O/c1-3-13-29(14-4-1)31-17-11-18-32(27-31)42-35-19-7-9-21-37(35)43(38-22-10-8-20-36(38)42)33-25-26-41-40(28-33)39-24-12-23-34(44(39)45-41)30-15-5-2-6-16-30/h1-28H/i1D,2D,3D,4D,5D,6D,11D,13D,14D,15D,16D,17D,18D,27D. The van der Waals surface area contributed by atoms with E-state index in [0.29, 0.717) is 43.8 Å². The molecule has 210 valence electrons. The summed E-state index contributed by atoms with van der Waals surface area (Å²) in [4.78, 5) is 0. The number of rotatable bonds is 4. The summed E-state index contributed by atoms with van der Waals surface area (Å²) >= 11 is 0. The fourth-order valence-corrected chi connectivity index (χ4v) is 6.21. The molecule has 0 saturated carbocycles. The van der Waals surface area contributed by atoms with E-state index in [2.05, 4.69) is 0 Å². The van der Waals surface area contributed by atoms with E-state index in [1.807, 2.05) is 72.8 Å². The third-order valence-electron chi connectivity index (χ3n) is 8.11. The van der Waals surface area contributed by atoms with Crippen molar-refractivity contribution in [2.24, 2.45) is 0 Å². The fraction of sp³-hybridized carbons (Fsp3) is 0. The Morgan fingerprint density at radius 1 is 0.400 bits per heavy atom. The van der Waals surface area contributed by atoms with E-state index >= 15 is 0 Å². The Hall–Kier alpha value is -5.92. The Bertz CT molecular complexity index is 3220. The summed E-state index contributed by atoms with van der Waals surface area (Å²) in [6.45, 7) is 0. The molecule has 1 nitrogen and oxygen atoms in total. The zero-order chi connectivity index (χ0) is 41.9. The number of para-hydroxylation sites is 1. The van der Waals surface area contributed by atoms with Crippen molar-refractivity contribution in [3.8, 4) is 44.5 Å². The van der Waals surface area contributed by atoms with Gasteiger partial charge >= 0.3 is 0 Å². The molecule has 0 aliphatic rings. The first-order chi connectivity index (χ1) is 28.1. The van der Waals surface area contributed by atoms with Gasteiger partial charge in [0, 0.05) is 16.3 Å². The van der Waals surface area contributed by atoms with Crippen LogP contribution in [0.5, 0.6) is 0 Å². The zero-order valence-electron chi connectivity index (χ0n) is 37.5. The molecule has 0 fully saturated rings. The smallest absolute Gasteiger partial charge is 0.143 e. The topological polar surface area (TPSA) is 13.1 Å². The first kappa shape index (κ1) is 15.2. The van der Waals surface area contributed by atoms with Crippen LogP contribution < -0.4 is 0 Å². The molecule has 45 heavy (non-hydrogen) atoms. The molecule has 0 atom stereocenters. The third-order valence-corrected chi connectivity index (χ3v) is 8.11. The second-order valence-electron chi connectivity index (χ2n) is 10.6. The van der Waals surface area contributed by atoms with Crippen molar-refractivity contribution >= 4 is 43.5 Å². The van der Waals surface area contributed by atoms with E-state index in [1.165, 1.54) is 0 Å². The molecule has 0 aliphatic heterocycles. The predicted octanol–water partition coefficient (Wildman–Crippen LogP) is 12.6. The minimum Gasteiger partial charge on any atom is -0.455 e. The Kier molecular flexibility index (Phi) is 3.50. The molecule has 0 bridgehead atoms. The highest BCUT2D eigenvalue weighted by molar-refractivity contribution is 6.22. The van der Waals surface area contributed by atoms with Crippen molar-refractivity contribution < 1.29 is 23.6 Å². The van der Waals surface area contributed by atoms with E-state index in [4.69, 9.17) is 22.2 Å². The number of furan rings is 1. The predicted molar refractivity (Wildman–Crippen MR) is 190 cm³/mol. The van der Waals surface area contributed by atoms with Crippen molar-refractivity contribution in [3.05, 3.63) is 170 Å². The molecule has 1 heterocycles. The van der Waals surface area contributed by atoms with Gasteiger partial charge in [0.25, 0.3) is 0 Å². The second kappa shape index (κ2) is 10.4. The normalized spacial score (nSPS) is 15.9. The minimum atomic E-state index is -0.643. The van der Waals surface area contributed by atoms with Gasteiger partial charge in [0.1, 0.15) is 11.2 Å². The Labute approximate surface area is 281 Å². The molecule has 9 rings (SSSR count). The molecular weight excluding hydrogens is 544 g/mol. The molecule has 0 aliphatic carbocycles. The molecule has 8 aromatic carbocycles. The molecule has 0 unspecified atom stereocenters. The van der Waals surface area contributed by atoms with Gasteiger partial charge in [-0.1, -0.05) is 151 Å². The van der Waals surface area contributed by atoms with Crippen molar-refractivity contribution in [1.82, 2.24) is 0 Å². The Balaban J connectivity index is 1.33. The molecule has 9 aromatic rings. The molecule has 0 radical (unpaired) electrons. The van der Waals surface area contributed by atoms with Crippen LogP contribution in [0.3, 0.4) is 0 Å². The largest absolute Gasteiger partial charge is 0.455 e. The molecule has 0 amide bonds. The van der Waals surface area contributed by atoms with Gasteiger partial charge in [-0.3, -0.25) is 0 Å². The van der Waals surface area contributed by atoms with E-state index in [-0.39, 0.29) is 34.3 Å². The summed E-state index contributed by atoms with van der Waals surface area (Å²) in [5, 5.41) is 4.02. The summed E-state index contributed by atoms with van der Waals surface area (Å²) in [5.74, 6) is 0. The monoisotopic (exact) mass is 586 g/mol. The van der Waals surface area contributed by atoms with Gasteiger partial charge in [-0.25, -0.2) is 0 Å². The summed E-state index contributed by atoms with van der Waals surface area (Å²) in [6.07, 6.45) is 0. The van der Waals surface area contributed by atoms with E-state index in [0.717, 1.165) is 21.9 Å². The van der Waals surface area contributed by atoms with Gasteiger partial charge < -0.3 is 4.42 Å². The molecule has 0 N–H and O–H groups in total. The fourth-order valence-electron chi connectivity index (χ4n) is 6.21. The number of fused-ring (bicyclic) bond motifs is 5. The molecule has 0 saturated heterocycles. The summed E-state index contributed by atoms with van der Waals surface area (Å²) in [5.41, 5.74) is 2.47. The third kappa shape index (κ3) is 4.17. The summed E-state index contributed by atoms with van der Waals surface area (Å²) < 4.78 is 127. The highest BCUT2D eigenvalue weighted by Crippen LogP contribution is 2.45. The zero-order valence-corrected chi connectivity index (χ0v) is 23.5. The van der Waals surface area contributed by atoms with E-state index in [9.17, 15) is 1.37 Å². The first-order valence-corrected chi connectivity index (χ1v) is 14.3. The highest BCUT2D eigenvalue weighted by Gasteiger charge is 2.19. The highest BCUT2D eigenvalue weighted by atomic mass is 16.3. The minimum absolute atomic E-state index is 0.0248.